The van der Waals surface area contributed by atoms with Crippen molar-refractivity contribution in [2.75, 3.05) is 5.32 Å². The van der Waals surface area contributed by atoms with Crippen molar-refractivity contribution in [1.82, 2.24) is 24.5 Å². The molecule has 1 unspecified atom stereocenters. The molecule has 2 heterocycles. The number of para-hydroxylation sites is 1. The van der Waals surface area contributed by atoms with E-state index in [1.54, 1.807) is 41.9 Å². The highest BCUT2D eigenvalue weighted by atomic mass is 32.2. The van der Waals surface area contributed by atoms with Gasteiger partial charge < -0.3 is 5.32 Å². The molecule has 4 aromatic rings. The zero-order valence-electron chi connectivity index (χ0n) is 19.6. The quantitative estimate of drug-likeness (QED) is 0.331. The van der Waals surface area contributed by atoms with Gasteiger partial charge in [-0.05, 0) is 30.7 Å². The lowest BCUT2D eigenvalue weighted by molar-refractivity contribution is -0.115. The lowest BCUT2D eigenvalue weighted by Gasteiger charge is -2.16. The molecule has 0 saturated carbocycles. The molecule has 2 aromatic carbocycles. The van der Waals surface area contributed by atoms with Crippen LogP contribution >= 0.6 is 11.8 Å². The van der Waals surface area contributed by atoms with Gasteiger partial charge in [-0.25, -0.2) is 8.42 Å². The summed E-state index contributed by atoms with van der Waals surface area (Å²) >= 11 is 1.17. The number of hydrogen-bond acceptors (Lipinski definition) is 8. The number of benzene rings is 2. The highest BCUT2D eigenvalue weighted by Gasteiger charge is 2.27. The third kappa shape index (κ3) is 5.32. The van der Waals surface area contributed by atoms with Crippen LogP contribution in [0.3, 0.4) is 0 Å². The second kappa shape index (κ2) is 10.8. The van der Waals surface area contributed by atoms with Crippen molar-refractivity contribution in [3.8, 4) is 11.8 Å². The Kier molecular flexibility index (Phi) is 7.52. The van der Waals surface area contributed by atoms with Gasteiger partial charge in [0.25, 0.3) is 0 Å². The maximum Gasteiger partial charge on any atom is 0.239 e. The lowest BCUT2D eigenvalue weighted by Crippen LogP contribution is -2.26. The SMILES string of the molecule is CCC(Sc1nnc(CS(=O)(=O)c2ccccc2)n1-c1ccccc1)C(=O)Nc1c(C#N)cnn1C. The third-order valence-electron chi connectivity index (χ3n) is 5.35. The molecule has 0 spiro atoms. The molecule has 1 N–H and O–H groups in total. The number of carbonyl (C=O) groups is 1. The smallest absolute Gasteiger partial charge is 0.239 e. The van der Waals surface area contributed by atoms with Crippen LogP contribution in [0.25, 0.3) is 5.69 Å². The van der Waals surface area contributed by atoms with Gasteiger partial charge in [-0.3, -0.25) is 14.0 Å². The van der Waals surface area contributed by atoms with E-state index in [0.717, 1.165) is 0 Å². The summed E-state index contributed by atoms with van der Waals surface area (Å²) in [4.78, 5) is 13.3. The first-order valence-electron chi connectivity index (χ1n) is 11.0. The Labute approximate surface area is 212 Å². The van der Waals surface area contributed by atoms with Gasteiger partial charge in [-0.2, -0.15) is 10.4 Å². The van der Waals surface area contributed by atoms with Gasteiger partial charge in [0, 0.05) is 12.7 Å². The first-order valence-corrected chi connectivity index (χ1v) is 13.5. The van der Waals surface area contributed by atoms with E-state index in [0.29, 0.717) is 23.1 Å². The van der Waals surface area contributed by atoms with Crippen LogP contribution in [0.4, 0.5) is 5.82 Å². The fourth-order valence-corrected chi connectivity index (χ4v) is 5.76. The van der Waals surface area contributed by atoms with E-state index >= 15 is 0 Å². The fraction of sp³-hybridized carbons (Fsp3) is 0.208. The van der Waals surface area contributed by atoms with Gasteiger partial charge in [-0.1, -0.05) is 55.1 Å². The molecule has 0 bridgehead atoms. The minimum absolute atomic E-state index is 0.192. The molecular formula is C24H23N7O3S2. The van der Waals surface area contributed by atoms with Crippen LogP contribution in [0.5, 0.6) is 0 Å². The number of nitrogens with zero attached hydrogens (tertiary/aromatic N) is 6. The average Bonchev–Trinajstić information content (AvgIpc) is 3.45. The summed E-state index contributed by atoms with van der Waals surface area (Å²) in [6.45, 7) is 1.86. The van der Waals surface area contributed by atoms with Crippen LogP contribution in [0, 0.1) is 11.3 Å². The van der Waals surface area contributed by atoms with E-state index in [4.69, 9.17) is 0 Å². The lowest BCUT2D eigenvalue weighted by atomic mass is 10.3. The standard InChI is InChI=1S/C24H23N7O3S2/c1-3-20(23(32)27-22-17(14-25)15-26-30(22)2)35-24-29-28-21(31(24)18-10-6-4-7-11-18)16-36(33,34)19-12-8-5-9-13-19/h4-13,15,20H,3,16H2,1-2H3,(H,27,32). The van der Waals surface area contributed by atoms with Crippen molar-refractivity contribution >= 4 is 33.3 Å². The van der Waals surface area contributed by atoms with E-state index in [9.17, 15) is 18.5 Å². The summed E-state index contributed by atoms with van der Waals surface area (Å²) < 4.78 is 29.2. The van der Waals surface area contributed by atoms with E-state index in [1.807, 2.05) is 43.3 Å². The van der Waals surface area contributed by atoms with Crippen molar-refractivity contribution < 1.29 is 13.2 Å². The average molecular weight is 522 g/mol. The maximum atomic E-state index is 13.1. The maximum absolute atomic E-state index is 13.1. The minimum atomic E-state index is -3.68. The van der Waals surface area contributed by atoms with Gasteiger partial charge in [-0.15, -0.1) is 10.2 Å². The number of thioether (sulfide) groups is 1. The Morgan fingerprint density at radius 2 is 1.78 bits per heavy atom. The predicted octanol–water partition coefficient (Wildman–Crippen LogP) is 3.36. The molecule has 0 aliphatic rings. The van der Waals surface area contributed by atoms with Crippen LogP contribution in [-0.2, 0) is 27.4 Å². The van der Waals surface area contributed by atoms with Crippen LogP contribution in [-0.4, -0.2) is 44.1 Å². The highest BCUT2D eigenvalue weighted by molar-refractivity contribution is 8.00. The number of hydrogen-bond donors (Lipinski definition) is 1. The number of amides is 1. The number of nitriles is 1. The monoisotopic (exact) mass is 521 g/mol. The van der Waals surface area contributed by atoms with Crippen LogP contribution in [0.1, 0.15) is 24.7 Å². The number of nitrogens with one attached hydrogen (secondary N) is 1. The third-order valence-corrected chi connectivity index (χ3v) is 8.28. The van der Waals surface area contributed by atoms with Crippen molar-refractivity contribution in [2.24, 2.45) is 7.05 Å². The normalized spacial score (nSPS) is 12.1. The molecule has 0 aliphatic carbocycles. The van der Waals surface area contributed by atoms with Crippen molar-refractivity contribution in [3.63, 3.8) is 0 Å². The number of aryl methyl sites for hydroxylation is 1. The summed E-state index contributed by atoms with van der Waals surface area (Å²) in [5.41, 5.74) is 0.934. The predicted molar refractivity (Wildman–Crippen MR) is 135 cm³/mol. The molecule has 0 radical (unpaired) electrons. The molecular weight excluding hydrogens is 498 g/mol. The summed E-state index contributed by atoms with van der Waals surface area (Å²) in [5.74, 6) is -0.145. The second-order valence-corrected chi connectivity index (χ2v) is 10.9. The van der Waals surface area contributed by atoms with Gasteiger partial charge in [0.1, 0.15) is 23.2 Å². The van der Waals surface area contributed by atoms with Gasteiger partial charge in [0.2, 0.25) is 5.91 Å². The van der Waals surface area contributed by atoms with Crippen molar-refractivity contribution in [1.29, 1.82) is 5.26 Å². The zero-order valence-corrected chi connectivity index (χ0v) is 21.2. The van der Waals surface area contributed by atoms with Gasteiger partial charge in [0.05, 0.1) is 16.3 Å². The zero-order chi connectivity index (χ0) is 25.7. The summed E-state index contributed by atoms with van der Waals surface area (Å²) in [5, 5.41) is 24.3. The molecule has 1 atom stereocenters. The highest BCUT2D eigenvalue weighted by Crippen LogP contribution is 2.30. The first-order chi connectivity index (χ1) is 17.3. The summed E-state index contributed by atoms with van der Waals surface area (Å²) in [6, 6.07) is 19.3. The molecule has 184 valence electrons. The number of anilines is 1. The largest absolute Gasteiger partial charge is 0.309 e. The molecule has 1 amide bonds. The number of carbonyl (C=O) groups excluding carboxylic acids is 1. The van der Waals surface area contributed by atoms with E-state index < -0.39 is 15.1 Å². The second-order valence-electron chi connectivity index (χ2n) is 7.79. The van der Waals surface area contributed by atoms with Crippen molar-refractivity contribution in [3.05, 3.63) is 78.2 Å². The fourth-order valence-electron chi connectivity index (χ4n) is 3.50. The van der Waals surface area contributed by atoms with E-state index in [-0.39, 0.29) is 27.9 Å². The Hall–Kier alpha value is -3.95. The van der Waals surface area contributed by atoms with Gasteiger partial charge >= 0.3 is 0 Å². The molecule has 0 saturated heterocycles. The molecule has 36 heavy (non-hydrogen) atoms. The molecule has 4 rings (SSSR count). The minimum Gasteiger partial charge on any atom is -0.309 e. The Morgan fingerprint density at radius 1 is 1.11 bits per heavy atom. The van der Waals surface area contributed by atoms with Gasteiger partial charge in [0.15, 0.2) is 20.8 Å². The Bertz CT molecular complexity index is 1510. The van der Waals surface area contributed by atoms with Crippen LogP contribution < -0.4 is 5.32 Å². The molecule has 10 nitrogen and oxygen atoms in total. The Balaban J connectivity index is 1.66. The van der Waals surface area contributed by atoms with E-state index in [1.165, 1.54) is 22.6 Å². The molecule has 0 aliphatic heterocycles. The first kappa shape index (κ1) is 25.2. The van der Waals surface area contributed by atoms with Crippen LogP contribution in [0.15, 0.2) is 76.9 Å². The topological polar surface area (TPSA) is 136 Å². The van der Waals surface area contributed by atoms with E-state index in [2.05, 4.69) is 20.6 Å². The Morgan fingerprint density at radius 3 is 2.42 bits per heavy atom. The number of aromatic nitrogens is 5. The van der Waals surface area contributed by atoms with Crippen LogP contribution in [0.2, 0.25) is 0 Å². The number of sulfone groups is 1. The molecule has 0 fully saturated rings. The summed E-state index contributed by atoms with van der Waals surface area (Å²) in [6.07, 6.45) is 1.84. The summed E-state index contributed by atoms with van der Waals surface area (Å²) in [7, 11) is -2.04. The molecule has 12 heteroatoms. The molecule has 2 aromatic heterocycles. The van der Waals surface area contributed by atoms with Crippen molar-refractivity contribution in [2.45, 2.75) is 34.4 Å². The number of rotatable bonds is 9.